The van der Waals surface area contributed by atoms with Crippen molar-refractivity contribution < 1.29 is 25.9 Å². The molecule has 0 aromatic heterocycles. The van der Waals surface area contributed by atoms with Gasteiger partial charge in [-0.25, -0.2) is 9.36 Å². The van der Waals surface area contributed by atoms with Crippen LogP contribution in [0.15, 0.2) is 4.99 Å². The maximum Gasteiger partial charge on any atom is 0.449 e. The predicted molar refractivity (Wildman–Crippen MR) is 111 cm³/mol. The largest absolute Gasteiger partial charge is 0.459 e. The topological polar surface area (TPSA) is 111 Å². The second-order valence-electron chi connectivity index (χ2n) is 6.08. The molecule has 2 N–H and O–H groups in total. The highest BCUT2D eigenvalue weighted by Gasteiger charge is 2.52. The summed E-state index contributed by atoms with van der Waals surface area (Å²) in [5.41, 5.74) is 5.68. The summed E-state index contributed by atoms with van der Waals surface area (Å²) in [7, 11) is 1.69. The Balaban J connectivity index is 2.82. The molecule has 9 nitrogen and oxygen atoms in total. The van der Waals surface area contributed by atoms with Crippen LogP contribution in [0.1, 0.15) is 27.7 Å². The van der Waals surface area contributed by atoms with E-state index in [2.05, 4.69) is 4.99 Å². The first-order chi connectivity index (χ1) is 11.9. The number of ether oxygens (including phenoxy) is 1. The van der Waals surface area contributed by atoms with Gasteiger partial charge in [0.2, 0.25) is 0 Å². The number of hydrogen-bond donors (Lipinski definition) is 1. The number of aliphatic imine (C=N–C) groups is 1. The third-order valence-corrected chi connectivity index (χ3v) is 12.5. The second kappa shape index (κ2) is 9.72. The van der Waals surface area contributed by atoms with Crippen molar-refractivity contribution in [2.75, 3.05) is 32.5 Å². The highest BCUT2D eigenvalue weighted by molar-refractivity contribution is 14.1. The normalized spacial score (nSPS) is 20.5. The van der Waals surface area contributed by atoms with Gasteiger partial charge in [0, 0.05) is 12.3 Å². The van der Waals surface area contributed by atoms with Crippen LogP contribution < -0.4 is 5.73 Å². The fourth-order valence-corrected chi connectivity index (χ4v) is 8.30. The van der Waals surface area contributed by atoms with Crippen LogP contribution in [0.25, 0.3) is 0 Å². The first kappa shape index (κ1) is 23.7. The molecular formula is C14H27IN4O5PS+. The van der Waals surface area contributed by atoms with Crippen molar-refractivity contribution in [3.05, 3.63) is 0 Å². The summed E-state index contributed by atoms with van der Waals surface area (Å²) >= 11 is 3.11. The van der Waals surface area contributed by atoms with Crippen LogP contribution in [0.4, 0.5) is 0 Å². The van der Waals surface area contributed by atoms with Gasteiger partial charge in [-0.15, -0.1) is 0 Å². The molecule has 1 heterocycles. The number of rotatable bonds is 10. The monoisotopic (exact) mass is 521 g/mol. The fourth-order valence-electron chi connectivity index (χ4n) is 2.10. The molecule has 0 saturated carbocycles. The molecule has 150 valence electrons. The summed E-state index contributed by atoms with van der Waals surface area (Å²) in [6.07, 6.45) is -0.254. The Hall–Kier alpha value is -0.360. The number of esters is 1. The molecule has 0 bridgehead atoms. The van der Waals surface area contributed by atoms with E-state index in [4.69, 9.17) is 15.0 Å². The first-order valence-corrected chi connectivity index (χ1v) is 12.4. The van der Waals surface area contributed by atoms with Crippen LogP contribution >= 0.6 is 41.0 Å². The fraction of sp³-hybridized carbons (Fsp3) is 0.786. The number of nitrogens with two attached hydrogens (primary N) is 1. The molecule has 0 aromatic carbocycles. The van der Waals surface area contributed by atoms with Crippen LogP contribution in [-0.2, 0) is 23.4 Å². The minimum absolute atomic E-state index is 0.124. The molecule has 0 radical (unpaired) electrons. The number of hydrogen-bond acceptors (Lipinski definition) is 8. The van der Waals surface area contributed by atoms with Crippen molar-refractivity contribution in [1.82, 2.24) is 4.90 Å². The van der Waals surface area contributed by atoms with Crippen molar-refractivity contribution in [3.8, 4) is 0 Å². The third kappa shape index (κ3) is 5.82. The lowest BCUT2D eigenvalue weighted by Crippen LogP contribution is -2.45. The molecule has 0 fully saturated rings. The Labute approximate surface area is 172 Å². The van der Waals surface area contributed by atoms with Crippen molar-refractivity contribution in [2.24, 2.45) is 10.7 Å². The quantitative estimate of drug-likeness (QED) is 0.202. The van der Waals surface area contributed by atoms with Crippen LogP contribution in [0.2, 0.25) is 0 Å². The van der Waals surface area contributed by atoms with Gasteiger partial charge >= 0.3 is 12.7 Å². The molecule has 0 aromatic rings. The van der Waals surface area contributed by atoms with Crippen LogP contribution in [0, 0.1) is 0 Å². The Morgan fingerprint density at radius 2 is 2.12 bits per heavy atom. The van der Waals surface area contributed by atoms with Crippen molar-refractivity contribution in [2.45, 2.75) is 39.8 Å². The van der Waals surface area contributed by atoms with E-state index in [0.29, 0.717) is 12.3 Å². The van der Waals surface area contributed by atoms with E-state index < -0.39 is 18.7 Å². The van der Waals surface area contributed by atoms with Crippen molar-refractivity contribution >= 4 is 58.8 Å². The van der Waals surface area contributed by atoms with E-state index in [9.17, 15) is 14.2 Å². The number of guanidine groups is 1. The Morgan fingerprint density at radius 1 is 1.50 bits per heavy atom. The Bertz CT molecular complexity index is 616. The van der Waals surface area contributed by atoms with Crippen LogP contribution in [0.3, 0.4) is 0 Å². The lowest BCUT2D eigenvalue weighted by molar-refractivity contribution is -0.621. The Morgan fingerprint density at radius 3 is 2.58 bits per heavy atom. The van der Waals surface area contributed by atoms with Gasteiger partial charge < -0.3 is 15.4 Å². The SMILES string of the molecule is CCOP(=O)(SCCN1CC(=O)N=C1N)[N+](C)(I)[C@@H](C)C(=O)OC(C)C. The summed E-state index contributed by atoms with van der Waals surface area (Å²) in [5, 5.41) is 0. The lowest BCUT2D eigenvalue weighted by atomic mass is 10.3. The molecule has 3 atom stereocenters. The van der Waals surface area contributed by atoms with Gasteiger partial charge in [-0.3, -0.25) is 9.32 Å². The molecule has 1 amide bonds. The summed E-state index contributed by atoms with van der Waals surface area (Å²) in [5.74, 6) is -0.148. The van der Waals surface area contributed by atoms with E-state index in [1.165, 1.54) is 0 Å². The van der Waals surface area contributed by atoms with E-state index in [0.717, 1.165) is 11.4 Å². The van der Waals surface area contributed by atoms with Gasteiger partial charge in [0.25, 0.3) is 28.8 Å². The first-order valence-electron chi connectivity index (χ1n) is 8.22. The average Bonchev–Trinajstić information content (AvgIpc) is 2.83. The average molecular weight is 521 g/mol. The number of quaternary nitrogens is 1. The summed E-state index contributed by atoms with van der Waals surface area (Å²) < 4.78 is 24.2. The van der Waals surface area contributed by atoms with E-state index in [1.54, 1.807) is 39.6 Å². The minimum Gasteiger partial charge on any atom is -0.459 e. The number of carbonyl (C=O) groups excluding carboxylic acids is 2. The molecular weight excluding hydrogens is 494 g/mol. The minimum atomic E-state index is -3.32. The number of nitrogens with zero attached hydrogens (tertiary/aromatic N) is 3. The van der Waals surface area contributed by atoms with E-state index in [1.807, 2.05) is 22.9 Å². The molecule has 1 rings (SSSR count). The summed E-state index contributed by atoms with van der Waals surface area (Å²) in [6, 6.07) is -0.678. The van der Waals surface area contributed by atoms with Gasteiger partial charge in [-0.1, -0.05) is 0 Å². The molecule has 0 saturated heterocycles. The standard InChI is InChI=1S/C14H26IN4O5PS/c1-6-23-25(22,19(5,15)11(4)13(21)24-10(2)3)26-8-7-18-9-12(20)17-14(18)16/h10-11H,6-9H2,1-5H3,(H-,16,17,20)/p+1/t11-,19?,25?/m0/s1. The smallest absolute Gasteiger partial charge is 0.449 e. The molecule has 1 aliphatic heterocycles. The van der Waals surface area contributed by atoms with Gasteiger partial charge in [-0.05, 0) is 39.1 Å². The highest BCUT2D eigenvalue weighted by Crippen LogP contribution is 2.69. The number of halogens is 1. The highest BCUT2D eigenvalue weighted by atomic mass is 127. The maximum atomic E-state index is 13.5. The van der Waals surface area contributed by atoms with Crippen LogP contribution in [0.5, 0.6) is 0 Å². The Kier molecular flexibility index (Phi) is 8.85. The zero-order valence-electron chi connectivity index (χ0n) is 15.7. The summed E-state index contributed by atoms with van der Waals surface area (Å²) in [6.45, 7) is 4.42. The van der Waals surface area contributed by atoms with Gasteiger partial charge in [0.15, 0.2) is 12.0 Å². The van der Waals surface area contributed by atoms with Gasteiger partial charge in [0.05, 0.1) is 19.8 Å². The van der Waals surface area contributed by atoms with Crippen LogP contribution in [-0.4, -0.2) is 69.8 Å². The molecule has 2 unspecified atom stereocenters. The van der Waals surface area contributed by atoms with E-state index in [-0.39, 0.29) is 33.6 Å². The maximum absolute atomic E-state index is 13.5. The van der Waals surface area contributed by atoms with Crippen molar-refractivity contribution in [3.63, 3.8) is 0 Å². The summed E-state index contributed by atoms with van der Waals surface area (Å²) in [4.78, 5) is 28.9. The lowest BCUT2D eigenvalue weighted by Gasteiger charge is -2.36. The number of likely N-dealkylation sites (N-methyl/N-ethyl adjacent to an activating group) is 1. The zero-order valence-corrected chi connectivity index (χ0v) is 19.5. The third-order valence-electron chi connectivity index (χ3n) is 3.68. The zero-order chi connectivity index (χ0) is 20.1. The predicted octanol–water partition coefficient (Wildman–Crippen LogP) is 2.16. The van der Waals surface area contributed by atoms with E-state index >= 15 is 0 Å². The second-order valence-corrected chi connectivity index (χ2v) is 13.7. The molecule has 12 heteroatoms. The molecule has 0 aliphatic carbocycles. The molecule has 1 aliphatic rings. The number of amides is 1. The van der Waals surface area contributed by atoms with Gasteiger partial charge in [-0.2, -0.15) is 7.46 Å². The number of carbonyl (C=O) groups is 2. The van der Waals surface area contributed by atoms with Gasteiger partial charge in [0.1, 0.15) is 6.54 Å². The molecule has 0 spiro atoms. The van der Waals surface area contributed by atoms with Crippen molar-refractivity contribution in [1.29, 1.82) is 0 Å². The molecule has 26 heavy (non-hydrogen) atoms.